The summed E-state index contributed by atoms with van der Waals surface area (Å²) in [6.07, 6.45) is 1.90. The van der Waals surface area contributed by atoms with Crippen LogP contribution in [0.25, 0.3) is 10.8 Å². The average Bonchev–Trinajstić information content (AvgIpc) is 2.72. The standard InChI is InChI=1S/C23H23NO3/c1-26-22-11-20-7-8-24(14-21(20)12-23(22)27-2)13-16-3-5-19-10-17(15-25)4-6-18(19)9-16/h3-6,9-12,15H,7-8,13-14H2,1-2H3. The van der Waals surface area contributed by atoms with E-state index in [4.69, 9.17) is 9.47 Å². The zero-order valence-electron chi connectivity index (χ0n) is 15.7. The number of ether oxygens (including phenoxy) is 2. The molecule has 0 aliphatic carbocycles. The lowest BCUT2D eigenvalue weighted by Gasteiger charge is -2.29. The number of carbonyl (C=O) groups excluding carboxylic acids is 1. The third-order valence-corrected chi connectivity index (χ3v) is 5.27. The molecule has 3 aromatic rings. The molecule has 0 radical (unpaired) electrons. The molecule has 0 aromatic heterocycles. The van der Waals surface area contributed by atoms with Crippen LogP contribution < -0.4 is 9.47 Å². The summed E-state index contributed by atoms with van der Waals surface area (Å²) in [5.74, 6) is 1.59. The van der Waals surface area contributed by atoms with E-state index in [0.29, 0.717) is 5.56 Å². The normalized spacial score (nSPS) is 14.0. The van der Waals surface area contributed by atoms with Crippen molar-refractivity contribution in [2.75, 3.05) is 20.8 Å². The van der Waals surface area contributed by atoms with Gasteiger partial charge in [0.2, 0.25) is 0 Å². The summed E-state index contributed by atoms with van der Waals surface area (Å²) < 4.78 is 10.9. The van der Waals surface area contributed by atoms with Crippen molar-refractivity contribution in [3.63, 3.8) is 0 Å². The first-order chi connectivity index (χ1) is 13.2. The van der Waals surface area contributed by atoms with Gasteiger partial charge in [-0.2, -0.15) is 0 Å². The summed E-state index contributed by atoms with van der Waals surface area (Å²) in [6, 6.07) is 16.5. The first kappa shape index (κ1) is 17.6. The maximum absolute atomic E-state index is 10.9. The number of aldehydes is 1. The molecular formula is C23H23NO3. The molecule has 4 heteroatoms. The topological polar surface area (TPSA) is 38.8 Å². The predicted octanol–water partition coefficient (Wildman–Crippen LogP) is 4.23. The highest BCUT2D eigenvalue weighted by Crippen LogP contribution is 2.33. The Labute approximate surface area is 159 Å². The predicted molar refractivity (Wildman–Crippen MR) is 107 cm³/mol. The van der Waals surface area contributed by atoms with Crippen molar-refractivity contribution in [1.82, 2.24) is 4.90 Å². The number of carbonyl (C=O) groups is 1. The minimum atomic E-state index is 0.715. The van der Waals surface area contributed by atoms with E-state index in [1.165, 1.54) is 22.1 Å². The van der Waals surface area contributed by atoms with Gasteiger partial charge >= 0.3 is 0 Å². The fourth-order valence-electron chi connectivity index (χ4n) is 3.82. The molecular weight excluding hydrogens is 338 g/mol. The van der Waals surface area contributed by atoms with Crippen molar-refractivity contribution in [3.05, 3.63) is 70.8 Å². The van der Waals surface area contributed by atoms with Gasteiger partial charge in [-0.15, -0.1) is 0 Å². The molecule has 1 aliphatic rings. The molecule has 0 saturated heterocycles. The van der Waals surface area contributed by atoms with Gasteiger partial charge < -0.3 is 9.47 Å². The van der Waals surface area contributed by atoms with E-state index in [1.54, 1.807) is 14.2 Å². The van der Waals surface area contributed by atoms with Crippen molar-refractivity contribution in [3.8, 4) is 11.5 Å². The number of hydrogen-bond donors (Lipinski definition) is 0. The Balaban J connectivity index is 1.54. The molecule has 1 heterocycles. The van der Waals surface area contributed by atoms with Crippen LogP contribution >= 0.6 is 0 Å². The molecule has 0 unspecified atom stereocenters. The molecule has 138 valence electrons. The number of methoxy groups -OCH3 is 2. The van der Waals surface area contributed by atoms with Crippen LogP contribution in [0.5, 0.6) is 11.5 Å². The van der Waals surface area contributed by atoms with Crippen molar-refractivity contribution in [2.45, 2.75) is 19.5 Å². The van der Waals surface area contributed by atoms with Gasteiger partial charge in [0, 0.05) is 25.2 Å². The molecule has 4 rings (SSSR count). The smallest absolute Gasteiger partial charge is 0.161 e. The van der Waals surface area contributed by atoms with Gasteiger partial charge in [-0.1, -0.05) is 24.3 Å². The van der Waals surface area contributed by atoms with Gasteiger partial charge in [0.05, 0.1) is 14.2 Å². The summed E-state index contributed by atoms with van der Waals surface area (Å²) in [4.78, 5) is 13.4. The first-order valence-corrected chi connectivity index (χ1v) is 9.14. The second kappa shape index (κ2) is 7.41. The van der Waals surface area contributed by atoms with E-state index >= 15 is 0 Å². The third kappa shape index (κ3) is 3.53. The van der Waals surface area contributed by atoms with Gasteiger partial charge in [0.25, 0.3) is 0 Å². The van der Waals surface area contributed by atoms with Crippen molar-refractivity contribution in [2.24, 2.45) is 0 Å². The molecule has 0 fully saturated rings. The Hall–Kier alpha value is -2.85. The third-order valence-electron chi connectivity index (χ3n) is 5.27. The first-order valence-electron chi connectivity index (χ1n) is 9.14. The van der Waals surface area contributed by atoms with Gasteiger partial charge in [0.1, 0.15) is 6.29 Å². The number of fused-ring (bicyclic) bond motifs is 2. The van der Waals surface area contributed by atoms with Crippen LogP contribution in [0.15, 0.2) is 48.5 Å². The summed E-state index contributed by atoms with van der Waals surface area (Å²) in [7, 11) is 3.35. The second-order valence-corrected chi connectivity index (χ2v) is 7.00. The lowest BCUT2D eigenvalue weighted by molar-refractivity contribution is 0.112. The highest BCUT2D eigenvalue weighted by Gasteiger charge is 2.19. The molecule has 0 saturated carbocycles. The lowest BCUT2D eigenvalue weighted by Crippen LogP contribution is -2.30. The summed E-state index contributed by atoms with van der Waals surface area (Å²) in [5.41, 5.74) is 4.64. The van der Waals surface area contributed by atoms with Crippen LogP contribution in [0.1, 0.15) is 27.0 Å². The Morgan fingerprint density at radius 1 is 0.926 bits per heavy atom. The number of rotatable bonds is 5. The molecule has 27 heavy (non-hydrogen) atoms. The Kier molecular flexibility index (Phi) is 4.82. The molecule has 4 nitrogen and oxygen atoms in total. The molecule has 0 spiro atoms. The van der Waals surface area contributed by atoms with Crippen LogP contribution in [0, 0.1) is 0 Å². The fraction of sp³-hybridized carbons (Fsp3) is 0.261. The maximum atomic E-state index is 10.9. The second-order valence-electron chi connectivity index (χ2n) is 7.00. The number of nitrogens with zero attached hydrogens (tertiary/aromatic N) is 1. The zero-order valence-corrected chi connectivity index (χ0v) is 15.7. The Morgan fingerprint density at radius 2 is 1.63 bits per heavy atom. The molecule has 0 N–H and O–H groups in total. The van der Waals surface area contributed by atoms with E-state index in [0.717, 1.165) is 49.2 Å². The minimum absolute atomic E-state index is 0.715. The summed E-state index contributed by atoms with van der Waals surface area (Å²) in [6.45, 7) is 2.82. The van der Waals surface area contributed by atoms with Crippen molar-refractivity contribution >= 4 is 17.1 Å². The van der Waals surface area contributed by atoms with Crippen LogP contribution in [0.3, 0.4) is 0 Å². The van der Waals surface area contributed by atoms with E-state index in [2.05, 4.69) is 35.2 Å². The summed E-state index contributed by atoms with van der Waals surface area (Å²) >= 11 is 0. The summed E-state index contributed by atoms with van der Waals surface area (Å²) in [5, 5.41) is 2.27. The van der Waals surface area contributed by atoms with E-state index < -0.39 is 0 Å². The fourth-order valence-corrected chi connectivity index (χ4v) is 3.82. The van der Waals surface area contributed by atoms with Gasteiger partial charge in [-0.25, -0.2) is 0 Å². The van der Waals surface area contributed by atoms with E-state index in [9.17, 15) is 4.79 Å². The van der Waals surface area contributed by atoms with Crippen LogP contribution in [0.2, 0.25) is 0 Å². The van der Waals surface area contributed by atoms with Crippen LogP contribution in [0.4, 0.5) is 0 Å². The lowest BCUT2D eigenvalue weighted by atomic mass is 9.98. The largest absolute Gasteiger partial charge is 0.493 e. The molecule has 1 aliphatic heterocycles. The van der Waals surface area contributed by atoms with Gasteiger partial charge in [-0.05, 0) is 58.1 Å². The van der Waals surface area contributed by atoms with Crippen molar-refractivity contribution in [1.29, 1.82) is 0 Å². The zero-order chi connectivity index (χ0) is 18.8. The van der Waals surface area contributed by atoms with Gasteiger partial charge in [0.15, 0.2) is 11.5 Å². The number of benzene rings is 3. The van der Waals surface area contributed by atoms with Gasteiger partial charge in [-0.3, -0.25) is 9.69 Å². The van der Waals surface area contributed by atoms with Crippen molar-refractivity contribution < 1.29 is 14.3 Å². The SMILES string of the molecule is COc1cc2c(cc1OC)CN(Cc1ccc3cc(C=O)ccc3c1)CC2. The Morgan fingerprint density at radius 3 is 2.37 bits per heavy atom. The van der Waals surface area contributed by atoms with E-state index in [1.807, 2.05) is 18.2 Å². The molecule has 0 atom stereocenters. The number of hydrogen-bond acceptors (Lipinski definition) is 4. The van der Waals surface area contributed by atoms with E-state index in [-0.39, 0.29) is 0 Å². The minimum Gasteiger partial charge on any atom is -0.493 e. The maximum Gasteiger partial charge on any atom is 0.161 e. The molecule has 0 bridgehead atoms. The Bertz CT molecular complexity index is 996. The average molecular weight is 361 g/mol. The quantitative estimate of drug-likeness (QED) is 0.638. The highest BCUT2D eigenvalue weighted by atomic mass is 16.5. The monoisotopic (exact) mass is 361 g/mol. The molecule has 0 amide bonds. The van der Waals surface area contributed by atoms with Crippen LogP contribution in [-0.4, -0.2) is 32.0 Å². The highest BCUT2D eigenvalue weighted by molar-refractivity contribution is 5.89. The molecule has 3 aromatic carbocycles. The van der Waals surface area contributed by atoms with Crippen LogP contribution in [-0.2, 0) is 19.5 Å².